The maximum Gasteiger partial charge on any atom is 0.249 e. The second-order valence-corrected chi connectivity index (χ2v) is 8.15. The summed E-state index contributed by atoms with van der Waals surface area (Å²) in [5, 5.41) is 4.71. The Labute approximate surface area is 195 Å². The van der Waals surface area contributed by atoms with Crippen LogP contribution < -0.4 is 10.1 Å². The molecule has 0 aliphatic rings. The number of halogens is 2. The first-order valence-corrected chi connectivity index (χ1v) is 10.6. The van der Waals surface area contributed by atoms with Crippen molar-refractivity contribution < 1.29 is 13.9 Å². The van der Waals surface area contributed by atoms with E-state index in [2.05, 4.69) is 10.3 Å². The normalized spacial score (nSPS) is 11.6. The van der Waals surface area contributed by atoms with Gasteiger partial charge in [-0.15, -0.1) is 0 Å². The molecule has 0 saturated carbocycles. The Morgan fingerprint density at radius 2 is 1.94 bits per heavy atom. The molecule has 32 heavy (non-hydrogen) atoms. The smallest absolute Gasteiger partial charge is 0.249 e. The number of hydrogen-bond acceptors (Lipinski definition) is 4. The van der Waals surface area contributed by atoms with Crippen LogP contribution in [0.15, 0.2) is 65.3 Å². The van der Waals surface area contributed by atoms with Gasteiger partial charge in [0.2, 0.25) is 5.91 Å². The molecule has 0 fully saturated rings. The molecule has 7 heteroatoms. The number of nitrogens with one attached hydrogen (secondary N) is 1. The van der Waals surface area contributed by atoms with Gasteiger partial charge in [0, 0.05) is 44.9 Å². The molecule has 2 aromatic heterocycles. The summed E-state index contributed by atoms with van der Waals surface area (Å²) in [6.07, 6.45) is 3.17. The third-order valence-electron chi connectivity index (χ3n) is 5.03. The molecule has 0 aliphatic heterocycles. The van der Waals surface area contributed by atoms with Crippen molar-refractivity contribution in [3.05, 3.63) is 82.2 Å². The SMILES string of the molecule is COc1cc2occ(-c3ccc(Cl)cc3Cl)c2cc1/C(C)=C/C(=O)Nc1cccc(C)n1. The van der Waals surface area contributed by atoms with Crippen LogP contribution in [0.5, 0.6) is 5.75 Å². The zero-order valence-electron chi connectivity index (χ0n) is 17.7. The van der Waals surface area contributed by atoms with Crippen LogP contribution in [0.3, 0.4) is 0 Å². The molecule has 0 atom stereocenters. The number of carbonyl (C=O) groups is 1. The number of fused-ring (bicyclic) bond motifs is 1. The van der Waals surface area contributed by atoms with Crippen LogP contribution in [0.25, 0.3) is 27.7 Å². The summed E-state index contributed by atoms with van der Waals surface area (Å²) in [5.41, 5.74) is 4.59. The van der Waals surface area contributed by atoms with E-state index in [0.717, 1.165) is 33.3 Å². The van der Waals surface area contributed by atoms with Crippen LogP contribution >= 0.6 is 23.2 Å². The average molecular weight is 467 g/mol. The quantitative estimate of drug-likeness (QED) is 0.316. The largest absolute Gasteiger partial charge is 0.496 e. The Hall–Kier alpha value is -3.28. The van der Waals surface area contributed by atoms with Gasteiger partial charge in [-0.1, -0.05) is 35.3 Å². The maximum absolute atomic E-state index is 12.6. The van der Waals surface area contributed by atoms with Crippen LogP contribution in [0.2, 0.25) is 10.0 Å². The molecular weight excluding hydrogens is 447 g/mol. The van der Waals surface area contributed by atoms with Gasteiger partial charge in [-0.05, 0) is 49.8 Å². The number of anilines is 1. The minimum Gasteiger partial charge on any atom is -0.496 e. The Morgan fingerprint density at radius 3 is 2.66 bits per heavy atom. The number of amides is 1. The van der Waals surface area contributed by atoms with Crippen molar-refractivity contribution in [2.75, 3.05) is 12.4 Å². The van der Waals surface area contributed by atoms with Crippen LogP contribution in [0.4, 0.5) is 5.82 Å². The number of carbonyl (C=O) groups excluding carboxylic acids is 1. The van der Waals surface area contributed by atoms with Gasteiger partial charge in [0.25, 0.3) is 0 Å². The highest BCUT2D eigenvalue weighted by molar-refractivity contribution is 6.36. The third-order valence-corrected chi connectivity index (χ3v) is 5.58. The number of pyridine rings is 1. The fourth-order valence-corrected chi connectivity index (χ4v) is 4.01. The fraction of sp³-hybridized carbons (Fsp3) is 0.120. The zero-order valence-corrected chi connectivity index (χ0v) is 19.2. The highest BCUT2D eigenvalue weighted by Gasteiger charge is 2.16. The first-order chi connectivity index (χ1) is 15.4. The minimum atomic E-state index is -0.282. The Bertz CT molecular complexity index is 1360. The van der Waals surface area contributed by atoms with Crippen LogP contribution in [-0.4, -0.2) is 18.0 Å². The summed E-state index contributed by atoms with van der Waals surface area (Å²) in [5.74, 6) is 0.808. The lowest BCUT2D eigenvalue weighted by molar-refractivity contribution is -0.111. The number of furan rings is 1. The molecule has 0 bridgehead atoms. The van der Waals surface area contributed by atoms with Gasteiger partial charge in [-0.2, -0.15) is 0 Å². The van der Waals surface area contributed by atoms with E-state index >= 15 is 0 Å². The number of ether oxygens (including phenoxy) is 1. The van der Waals surface area contributed by atoms with Gasteiger partial charge in [-0.3, -0.25) is 4.79 Å². The number of nitrogens with zero attached hydrogens (tertiary/aromatic N) is 1. The lowest BCUT2D eigenvalue weighted by Crippen LogP contribution is -2.10. The van der Waals surface area contributed by atoms with Crippen LogP contribution in [0, 0.1) is 6.92 Å². The lowest BCUT2D eigenvalue weighted by Gasteiger charge is -2.10. The molecule has 4 rings (SSSR count). The number of allylic oxidation sites excluding steroid dienone is 1. The maximum atomic E-state index is 12.6. The van der Waals surface area contributed by atoms with Gasteiger partial charge in [0.15, 0.2) is 0 Å². The van der Waals surface area contributed by atoms with E-state index in [4.69, 9.17) is 32.4 Å². The second kappa shape index (κ2) is 9.07. The minimum absolute atomic E-state index is 0.282. The summed E-state index contributed by atoms with van der Waals surface area (Å²) in [7, 11) is 1.58. The number of aromatic nitrogens is 1. The summed E-state index contributed by atoms with van der Waals surface area (Å²) < 4.78 is 11.3. The predicted molar refractivity (Wildman–Crippen MR) is 129 cm³/mol. The van der Waals surface area contributed by atoms with Crippen molar-refractivity contribution in [2.24, 2.45) is 0 Å². The lowest BCUT2D eigenvalue weighted by atomic mass is 9.99. The number of hydrogen-bond donors (Lipinski definition) is 1. The van der Waals surface area contributed by atoms with Crippen molar-refractivity contribution in [3.8, 4) is 16.9 Å². The third kappa shape index (κ3) is 4.49. The standard InChI is InChI=1S/C25H20Cl2N2O3/c1-14(9-25(30)29-24-6-4-5-15(2)28-24)18-11-19-20(13-32-23(19)12-22(18)31-3)17-8-7-16(26)10-21(17)27/h4-13H,1-3H3,(H,28,29,30)/b14-9+. The molecule has 0 unspecified atom stereocenters. The molecule has 0 saturated heterocycles. The first kappa shape index (κ1) is 21.9. The highest BCUT2D eigenvalue weighted by Crippen LogP contribution is 2.40. The monoisotopic (exact) mass is 466 g/mol. The fourth-order valence-electron chi connectivity index (χ4n) is 3.50. The first-order valence-electron chi connectivity index (χ1n) is 9.83. The van der Waals surface area contributed by atoms with E-state index in [1.807, 2.05) is 38.1 Å². The van der Waals surface area contributed by atoms with E-state index in [9.17, 15) is 4.79 Å². The van der Waals surface area contributed by atoms with Crippen molar-refractivity contribution in [1.82, 2.24) is 4.98 Å². The van der Waals surface area contributed by atoms with Crippen LogP contribution in [0.1, 0.15) is 18.2 Å². The summed E-state index contributed by atoms with van der Waals surface area (Å²) in [4.78, 5) is 16.9. The summed E-state index contributed by atoms with van der Waals surface area (Å²) in [6.45, 7) is 3.72. The van der Waals surface area contributed by atoms with E-state index < -0.39 is 0 Å². The topological polar surface area (TPSA) is 64.4 Å². The number of methoxy groups -OCH3 is 1. The Kier molecular flexibility index (Phi) is 6.21. The van der Waals surface area contributed by atoms with E-state index in [1.165, 1.54) is 6.08 Å². The second-order valence-electron chi connectivity index (χ2n) is 7.30. The van der Waals surface area contributed by atoms with Crippen molar-refractivity contribution in [2.45, 2.75) is 13.8 Å². The number of benzene rings is 2. The molecule has 1 N–H and O–H groups in total. The predicted octanol–water partition coefficient (Wildman–Crippen LogP) is 7.16. The summed E-state index contributed by atoms with van der Waals surface area (Å²) in [6, 6.07) is 14.5. The van der Waals surface area contributed by atoms with Gasteiger partial charge in [-0.25, -0.2) is 4.98 Å². The van der Waals surface area contributed by atoms with Gasteiger partial charge >= 0.3 is 0 Å². The van der Waals surface area contributed by atoms with Crippen molar-refractivity contribution in [1.29, 1.82) is 0 Å². The van der Waals surface area contributed by atoms with Gasteiger partial charge in [0.05, 0.1) is 18.4 Å². The van der Waals surface area contributed by atoms with E-state index in [0.29, 0.717) is 27.2 Å². The highest BCUT2D eigenvalue weighted by atomic mass is 35.5. The molecule has 1 amide bonds. The van der Waals surface area contributed by atoms with Crippen molar-refractivity contribution in [3.63, 3.8) is 0 Å². The van der Waals surface area contributed by atoms with Crippen molar-refractivity contribution >= 4 is 51.5 Å². The Morgan fingerprint density at radius 1 is 1.12 bits per heavy atom. The van der Waals surface area contributed by atoms with Crippen LogP contribution in [-0.2, 0) is 4.79 Å². The van der Waals surface area contributed by atoms with E-state index in [-0.39, 0.29) is 5.91 Å². The molecule has 0 aliphatic carbocycles. The van der Waals surface area contributed by atoms with E-state index in [1.54, 1.807) is 37.6 Å². The van der Waals surface area contributed by atoms with Gasteiger partial charge < -0.3 is 14.5 Å². The molecule has 2 aromatic carbocycles. The molecule has 4 aromatic rings. The zero-order chi connectivity index (χ0) is 22.8. The number of aryl methyl sites for hydroxylation is 1. The molecule has 5 nitrogen and oxygen atoms in total. The molecular formula is C25H20Cl2N2O3. The average Bonchev–Trinajstić information content (AvgIpc) is 3.15. The van der Waals surface area contributed by atoms with Gasteiger partial charge in [0.1, 0.15) is 17.2 Å². The molecule has 2 heterocycles. The molecule has 0 radical (unpaired) electrons. The molecule has 162 valence electrons. The summed E-state index contributed by atoms with van der Waals surface area (Å²) >= 11 is 12.5. The number of rotatable bonds is 5. The Balaban J connectivity index is 1.74. The molecule has 0 spiro atoms.